The number of rotatable bonds is 10. The number of hydrogen-bond donors (Lipinski definition) is 1. The molecule has 1 aliphatic rings. The number of carbonyl (C=O) groups is 1. The van der Waals surface area contributed by atoms with E-state index in [0.717, 1.165) is 53.9 Å². The van der Waals surface area contributed by atoms with Gasteiger partial charge in [-0.05, 0) is 54.7 Å². The van der Waals surface area contributed by atoms with Crippen molar-refractivity contribution >= 4 is 22.6 Å². The van der Waals surface area contributed by atoms with Crippen molar-refractivity contribution in [3.63, 3.8) is 0 Å². The Kier molecular flexibility index (Phi) is 7.58. The van der Waals surface area contributed by atoms with Crippen LogP contribution in [0.1, 0.15) is 47.7 Å². The predicted octanol–water partition coefficient (Wildman–Crippen LogP) is 6.28. The molecule has 5 rings (SSSR count). The van der Waals surface area contributed by atoms with Gasteiger partial charge in [0.25, 0.3) is 0 Å². The molecule has 0 unspecified atom stereocenters. The van der Waals surface area contributed by atoms with Gasteiger partial charge in [0.1, 0.15) is 11.6 Å². The minimum absolute atomic E-state index is 0.0367. The van der Waals surface area contributed by atoms with Crippen molar-refractivity contribution in [3.05, 3.63) is 101 Å². The first-order chi connectivity index (χ1) is 18.4. The van der Waals surface area contributed by atoms with Gasteiger partial charge in [-0.2, -0.15) is 13.2 Å². The molecule has 38 heavy (non-hydrogen) atoms. The van der Waals surface area contributed by atoms with Gasteiger partial charge in [0.2, 0.25) is 5.91 Å². The zero-order valence-corrected chi connectivity index (χ0v) is 20.9. The average Bonchev–Trinajstić information content (AvgIpc) is 3.78. The zero-order valence-electron chi connectivity index (χ0n) is 20.9. The Labute approximate surface area is 219 Å². The molecule has 0 aliphatic heterocycles. The van der Waals surface area contributed by atoms with Gasteiger partial charge >= 0.3 is 6.18 Å². The molecule has 1 aliphatic carbocycles. The van der Waals surface area contributed by atoms with Crippen molar-refractivity contribution in [1.29, 1.82) is 0 Å². The van der Waals surface area contributed by atoms with Crippen LogP contribution < -0.4 is 10.2 Å². The zero-order chi connectivity index (χ0) is 26.5. The first-order valence-electron chi connectivity index (χ1n) is 12.9. The van der Waals surface area contributed by atoms with Crippen LogP contribution in [0.15, 0.2) is 78.9 Å². The Hall–Kier alpha value is -3.94. The molecule has 0 bridgehead atoms. The lowest BCUT2D eigenvalue weighted by Crippen LogP contribution is -2.33. The summed E-state index contributed by atoms with van der Waals surface area (Å²) < 4.78 is 39.1. The molecule has 0 saturated heterocycles. The highest BCUT2D eigenvalue weighted by Gasteiger charge is 2.30. The normalized spacial score (nSPS) is 13.4. The molecular weight excluding hydrogens is 489 g/mol. The van der Waals surface area contributed by atoms with Gasteiger partial charge in [0.05, 0.1) is 11.1 Å². The summed E-state index contributed by atoms with van der Waals surface area (Å²) >= 11 is 0. The SMILES string of the molecule is O=C(CCN(CCc1ccccc1)c1nc(C2CC2)nc2ccccc12)NCc1cccc(C(F)(F)F)c1. The van der Waals surface area contributed by atoms with Crippen LogP contribution in [0.4, 0.5) is 19.0 Å². The Bertz CT molecular complexity index is 1400. The van der Waals surface area contributed by atoms with Gasteiger partial charge < -0.3 is 10.2 Å². The number of carbonyl (C=O) groups excluding carboxylic acids is 1. The van der Waals surface area contributed by atoms with Crippen molar-refractivity contribution in [2.45, 2.75) is 44.3 Å². The Morgan fingerprint density at radius 1 is 0.895 bits per heavy atom. The van der Waals surface area contributed by atoms with Crippen LogP contribution >= 0.6 is 0 Å². The van der Waals surface area contributed by atoms with Gasteiger partial charge in [-0.25, -0.2) is 9.97 Å². The first-order valence-corrected chi connectivity index (χ1v) is 12.9. The minimum atomic E-state index is -4.42. The van der Waals surface area contributed by atoms with Crippen molar-refractivity contribution in [3.8, 4) is 0 Å². The van der Waals surface area contributed by atoms with E-state index in [1.807, 2.05) is 42.5 Å². The van der Waals surface area contributed by atoms with Crippen molar-refractivity contribution < 1.29 is 18.0 Å². The average molecular weight is 519 g/mol. The number of aromatic nitrogens is 2. The standard InChI is InChI=1S/C30H29F3N4O/c31-30(32,33)24-10-6-9-22(19-24)20-34-27(38)16-18-37(17-15-21-7-2-1-3-8-21)29-25-11-4-5-12-26(25)35-28(36-29)23-13-14-23/h1-12,19,23H,13-18,20H2,(H,34,38). The smallest absolute Gasteiger partial charge is 0.355 e. The summed E-state index contributed by atoms with van der Waals surface area (Å²) in [5.41, 5.74) is 1.76. The quantitative estimate of drug-likeness (QED) is 0.268. The maximum Gasteiger partial charge on any atom is 0.416 e. The number of benzene rings is 3. The Balaban J connectivity index is 1.32. The van der Waals surface area contributed by atoms with E-state index in [9.17, 15) is 18.0 Å². The first kappa shape index (κ1) is 25.7. The molecule has 1 heterocycles. The lowest BCUT2D eigenvalue weighted by Gasteiger charge is -2.25. The number of amides is 1. The number of para-hydroxylation sites is 1. The largest absolute Gasteiger partial charge is 0.416 e. The van der Waals surface area contributed by atoms with E-state index in [-0.39, 0.29) is 18.9 Å². The van der Waals surface area contributed by atoms with E-state index >= 15 is 0 Å². The highest BCUT2D eigenvalue weighted by molar-refractivity contribution is 5.90. The molecule has 0 spiro atoms. The molecule has 5 nitrogen and oxygen atoms in total. The van der Waals surface area contributed by atoms with Crippen molar-refractivity contribution in [2.24, 2.45) is 0 Å². The minimum Gasteiger partial charge on any atom is -0.355 e. The number of nitrogens with zero attached hydrogens (tertiary/aromatic N) is 3. The second-order valence-electron chi connectivity index (χ2n) is 9.64. The van der Waals surface area contributed by atoms with Crippen LogP contribution in [-0.4, -0.2) is 29.0 Å². The number of fused-ring (bicyclic) bond motifs is 1. The summed E-state index contributed by atoms with van der Waals surface area (Å²) in [6, 6.07) is 23.1. The molecule has 8 heteroatoms. The van der Waals surface area contributed by atoms with Gasteiger partial charge in [-0.3, -0.25) is 4.79 Å². The summed E-state index contributed by atoms with van der Waals surface area (Å²) in [5.74, 6) is 1.81. The third-order valence-electron chi connectivity index (χ3n) is 6.71. The number of hydrogen-bond acceptors (Lipinski definition) is 4. The monoisotopic (exact) mass is 518 g/mol. The third kappa shape index (κ3) is 6.49. The highest BCUT2D eigenvalue weighted by atomic mass is 19.4. The van der Waals surface area contributed by atoms with E-state index in [2.05, 4.69) is 22.3 Å². The molecule has 1 fully saturated rings. The number of alkyl halides is 3. The van der Waals surface area contributed by atoms with Crippen LogP contribution in [0.5, 0.6) is 0 Å². The fraction of sp³-hybridized carbons (Fsp3) is 0.300. The second-order valence-corrected chi connectivity index (χ2v) is 9.64. The lowest BCUT2D eigenvalue weighted by atomic mass is 10.1. The predicted molar refractivity (Wildman–Crippen MR) is 142 cm³/mol. The van der Waals surface area contributed by atoms with Crippen LogP contribution in [0, 0.1) is 0 Å². The van der Waals surface area contributed by atoms with E-state index in [1.54, 1.807) is 6.07 Å². The fourth-order valence-corrected chi connectivity index (χ4v) is 4.46. The summed E-state index contributed by atoms with van der Waals surface area (Å²) in [7, 11) is 0. The molecular formula is C30H29F3N4O. The molecule has 3 aromatic carbocycles. The van der Waals surface area contributed by atoms with Crippen LogP contribution in [-0.2, 0) is 23.9 Å². The molecule has 1 N–H and O–H groups in total. The maximum atomic E-state index is 13.0. The molecule has 0 atom stereocenters. The Morgan fingerprint density at radius 2 is 1.63 bits per heavy atom. The van der Waals surface area contributed by atoms with E-state index < -0.39 is 11.7 Å². The van der Waals surface area contributed by atoms with Gasteiger partial charge in [0.15, 0.2) is 0 Å². The summed E-state index contributed by atoms with van der Waals surface area (Å²) in [6.45, 7) is 1.12. The van der Waals surface area contributed by atoms with Crippen LogP contribution in [0.2, 0.25) is 0 Å². The van der Waals surface area contributed by atoms with E-state index in [1.165, 1.54) is 11.6 Å². The summed E-state index contributed by atoms with van der Waals surface area (Å²) in [4.78, 5) is 24.6. The molecule has 1 aromatic heterocycles. The van der Waals surface area contributed by atoms with Gasteiger partial charge in [-0.1, -0.05) is 54.6 Å². The van der Waals surface area contributed by atoms with Crippen LogP contribution in [0.25, 0.3) is 10.9 Å². The van der Waals surface area contributed by atoms with E-state index in [0.29, 0.717) is 24.6 Å². The fourth-order valence-electron chi connectivity index (χ4n) is 4.46. The molecule has 4 aromatic rings. The summed E-state index contributed by atoms with van der Waals surface area (Å²) in [5, 5.41) is 3.71. The Morgan fingerprint density at radius 3 is 2.39 bits per heavy atom. The number of halogens is 3. The maximum absolute atomic E-state index is 13.0. The lowest BCUT2D eigenvalue weighted by molar-refractivity contribution is -0.137. The number of anilines is 1. The third-order valence-corrected chi connectivity index (χ3v) is 6.71. The van der Waals surface area contributed by atoms with Crippen molar-refractivity contribution in [2.75, 3.05) is 18.0 Å². The number of nitrogens with one attached hydrogen (secondary N) is 1. The van der Waals surface area contributed by atoms with Gasteiger partial charge in [0, 0.05) is 37.4 Å². The summed E-state index contributed by atoms with van der Waals surface area (Å²) in [6.07, 6.45) is -1.28. The van der Waals surface area contributed by atoms with Crippen LogP contribution in [0.3, 0.4) is 0 Å². The second kappa shape index (κ2) is 11.2. The van der Waals surface area contributed by atoms with E-state index in [4.69, 9.17) is 9.97 Å². The topological polar surface area (TPSA) is 58.1 Å². The highest BCUT2D eigenvalue weighted by Crippen LogP contribution is 2.40. The van der Waals surface area contributed by atoms with Gasteiger partial charge in [-0.15, -0.1) is 0 Å². The molecule has 196 valence electrons. The van der Waals surface area contributed by atoms with Crippen molar-refractivity contribution in [1.82, 2.24) is 15.3 Å². The molecule has 1 amide bonds. The molecule has 0 radical (unpaired) electrons. The molecule has 1 saturated carbocycles.